The molecule has 0 saturated carbocycles. The molecular formula is C19H23N3O5S. The van der Waals surface area contributed by atoms with E-state index in [1.807, 2.05) is 32.0 Å². The summed E-state index contributed by atoms with van der Waals surface area (Å²) in [6.45, 7) is 6.35. The molecule has 0 aliphatic heterocycles. The molecule has 0 saturated heterocycles. The Balaban J connectivity index is 1.82. The van der Waals surface area contributed by atoms with Crippen LogP contribution in [0.3, 0.4) is 0 Å². The zero-order valence-corrected chi connectivity index (χ0v) is 17.0. The Morgan fingerprint density at radius 3 is 2.39 bits per heavy atom. The number of rotatable bonds is 7. The second kappa shape index (κ2) is 9.32. The zero-order chi connectivity index (χ0) is 20.8. The number of nitrogens with zero attached hydrogens (tertiary/aromatic N) is 1. The average molecular weight is 405 g/mol. The highest BCUT2D eigenvalue weighted by atomic mass is 32.1. The Kier molecular flexibility index (Phi) is 7.11. The number of anilines is 1. The first-order valence-electron chi connectivity index (χ1n) is 8.67. The molecule has 0 radical (unpaired) electrons. The lowest BCUT2D eigenvalue weighted by Gasteiger charge is -2.15. The number of benzene rings is 1. The van der Waals surface area contributed by atoms with Gasteiger partial charge in [0.25, 0.3) is 5.91 Å². The second-order valence-corrected chi connectivity index (χ2v) is 7.21. The number of thiazole rings is 1. The zero-order valence-electron chi connectivity index (χ0n) is 16.2. The van der Waals surface area contributed by atoms with Crippen molar-refractivity contribution in [2.75, 3.05) is 11.9 Å². The number of aryl methyl sites for hydroxylation is 3. The minimum atomic E-state index is -1.09. The quantitative estimate of drug-likeness (QED) is 0.680. The highest BCUT2D eigenvalue weighted by Gasteiger charge is 2.20. The largest absolute Gasteiger partial charge is 0.451 e. The topological polar surface area (TPSA) is 106 Å². The minimum absolute atomic E-state index is 0.252. The number of hydrogen-bond acceptors (Lipinski definition) is 6. The third-order valence-electron chi connectivity index (χ3n) is 4.11. The molecule has 1 aromatic heterocycles. The van der Waals surface area contributed by atoms with Crippen molar-refractivity contribution < 1.29 is 19.1 Å². The van der Waals surface area contributed by atoms with Crippen molar-refractivity contribution in [1.29, 1.82) is 0 Å². The molecule has 0 fully saturated rings. The highest BCUT2D eigenvalue weighted by Crippen LogP contribution is 2.18. The predicted molar refractivity (Wildman–Crippen MR) is 106 cm³/mol. The van der Waals surface area contributed by atoms with Gasteiger partial charge in [0, 0.05) is 16.8 Å². The Hall–Kier alpha value is -2.94. The van der Waals surface area contributed by atoms with E-state index in [9.17, 15) is 19.2 Å². The minimum Gasteiger partial charge on any atom is -0.451 e. The van der Waals surface area contributed by atoms with Gasteiger partial charge in [-0.1, -0.05) is 29.5 Å². The summed E-state index contributed by atoms with van der Waals surface area (Å²) < 4.78 is 6.32. The van der Waals surface area contributed by atoms with Crippen molar-refractivity contribution in [2.45, 2.75) is 40.3 Å². The van der Waals surface area contributed by atoms with Gasteiger partial charge in [-0.3, -0.25) is 23.7 Å². The van der Waals surface area contributed by atoms with Gasteiger partial charge < -0.3 is 15.4 Å². The number of amides is 2. The molecule has 2 rings (SSSR count). The summed E-state index contributed by atoms with van der Waals surface area (Å²) in [4.78, 5) is 47.5. The number of aromatic nitrogens is 1. The highest BCUT2D eigenvalue weighted by molar-refractivity contribution is 7.07. The number of ether oxygens (including phenoxy) is 1. The fraction of sp³-hybridized carbons (Fsp3) is 0.368. The van der Waals surface area contributed by atoms with Crippen molar-refractivity contribution in [3.8, 4) is 0 Å². The van der Waals surface area contributed by atoms with Crippen LogP contribution in [0.4, 0.5) is 5.69 Å². The maximum atomic E-state index is 12.1. The van der Waals surface area contributed by atoms with Crippen LogP contribution >= 0.6 is 11.3 Å². The van der Waals surface area contributed by atoms with E-state index in [0.29, 0.717) is 11.4 Å². The lowest BCUT2D eigenvalue weighted by Crippen LogP contribution is -2.40. The summed E-state index contributed by atoms with van der Waals surface area (Å²) in [5, 5.41) is 6.83. The van der Waals surface area contributed by atoms with Crippen molar-refractivity contribution in [1.82, 2.24) is 9.88 Å². The first-order chi connectivity index (χ1) is 13.2. The number of para-hydroxylation sites is 1. The molecule has 0 aliphatic carbocycles. The molecule has 2 aromatic rings. The van der Waals surface area contributed by atoms with Gasteiger partial charge in [-0.15, -0.1) is 0 Å². The van der Waals surface area contributed by atoms with Crippen LogP contribution in [-0.4, -0.2) is 35.0 Å². The van der Waals surface area contributed by atoms with Crippen molar-refractivity contribution in [2.24, 2.45) is 0 Å². The Bertz CT molecular complexity index is 927. The third-order valence-corrected chi connectivity index (χ3v) is 4.99. The first kappa shape index (κ1) is 21.4. The summed E-state index contributed by atoms with van der Waals surface area (Å²) >= 11 is 0.988. The fourth-order valence-electron chi connectivity index (χ4n) is 2.52. The maximum absolute atomic E-state index is 12.1. The molecule has 0 bridgehead atoms. The summed E-state index contributed by atoms with van der Waals surface area (Å²) in [5.74, 6) is -1.68. The van der Waals surface area contributed by atoms with E-state index in [4.69, 9.17) is 4.74 Å². The van der Waals surface area contributed by atoms with Crippen LogP contribution in [0.5, 0.6) is 0 Å². The van der Waals surface area contributed by atoms with Crippen LogP contribution in [0.25, 0.3) is 0 Å². The predicted octanol–water partition coefficient (Wildman–Crippen LogP) is 1.52. The van der Waals surface area contributed by atoms with Crippen LogP contribution in [0.1, 0.15) is 23.7 Å². The number of carbonyl (C=O) groups excluding carboxylic acids is 3. The summed E-state index contributed by atoms with van der Waals surface area (Å²) in [6, 6.07) is 5.65. The van der Waals surface area contributed by atoms with Gasteiger partial charge in [-0.05, 0) is 38.8 Å². The summed E-state index contributed by atoms with van der Waals surface area (Å²) in [7, 11) is 0. The number of nitrogens with one attached hydrogen (secondary N) is 2. The Morgan fingerprint density at radius 1 is 1.18 bits per heavy atom. The van der Waals surface area contributed by atoms with Gasteiger partial charge in [-0.25, -0.2) is 0 Å². The monoisotopic (exact) mass is 405 g/mol. The van der Waals surface area contributed by atoms with Gasteiger partial charge in [-0.2, -0.15) is 0 Å². The van der Waals surface area contributed by atoms with E-state index in [1.165, 1.54) is 11.5 Å². The van der Waals surface area contributed by atoms with E-state index in [1.54, 1.807) is 12.3 Å². The van der Waals surface area contributed by atoms with E-state index >= 15 is 0 Å². The smallest absolute Gasteiger partial charge is 0.326 e. The molecule has 1 atom stereocenters. The average Bonchev–Trinajstić information content (AvgIpc) is 2.94. The van der Waals surface area contributed by atoms with Crippen LogP contribution in [0, 0.1) is 20.8 Å². The molecule has 2 amide bonds. The second-order valence-electron chi connectivity index (χ2n) is 6.39. The van der Waals surface area contributed by atoms with Crippen molar-refractivity contribution in [3.63, 3.8) is 0 Å². The molecule has 0 aliphatic rings. The van der Waals surface area contributed by atoms with Crippen LogP contribution in [0.2, 0.25) is 0 Å². The molecule has 28 heavy (non-hydrogen) atoms. The van der Waals surface area contributed by atoms with Gasteiger partial charge in [0.05, 0.1) is 6.54 Å². The van der Waals surface area contributed by atoms with Crippen molar-refractivity contribution in [3.05, 3.63) is 50.1 Å². The molecule has 1 heterocycles. The molecule has 0 unspecified atom stereocenters. The van der Waals surface area contributed by atoms with Crippen LogP contribution in [0.15, 0.2) is 28.4 Å². The fourth-order valence-corrected chi connectivity index (χ4v) is 3.25. The number of esters is 1. The van der Waals surface area contributed by atoms with E-state index < -0.39 is 18.0 Å². The molecule has 1 aromatic carbocycles. The van der Waals surface area contributed by atoms with Crippen molar-refractivity contribution >= 4 is 34.8 Å². The maximum Gasteiger partial charge on any atom is 0.326 e. The molecule has 2 N–H and O–H groups in total. The first-order valence-corrected chi connectivity index (χ1v) is 9.55. The Morgan fingerprint density at radius 2 is 1.82 bits per heavy atom. The van der Waals surface area contributed by atoms with Crippen LogP contribution in [-0.2, 0) is 25.7 Å². The number of carbonyl (C=O) groups is 3. The lowest BCUT2D eigenvalue weighted by atomic mass is 10.1. The molecular weight excluding hydrogens is 382 g/mol. The standard InChI is InChI=1S/C19H23N3O5S/c1-11-6-5-7-12(2)17(11)21-15(23)8-20-18(25)14(4)27-16(24)9-22-13(3)10-28-19(22)26/h5-7,10,14H,8-9H2,1-4H3,(H,20,25)(H,21,23)/t14-/m0/s1. The third kappa shape index (κ3) is 5.53. The van der Waals surface area contributed by atoms with E-state index in [2.05, 4.69) is 10.6 Å². The van der Waals surface area contributed by atoms with E-state index in [-0.39, 0.29) is 23.9 Å². The normalized spacial score (nSPS) is 11.6. The molecule has 9 heteroatoms. The molecule has 0 spiro atoms. The lowest BCUT2D eigenvalue weighted by molar-refractivity contribution is -0.155. The van der Waals surface area contributed by atoms with Gasteiger partial charge in [0.1, 0.15) is 6.54 Å². The SMILES string of the molecule is Cc1cccc(C)c1NC(=O)CNC(=O)[C@H](C)OC(=O)Cn1c(C)csc1=O. The van der Waals surface area contributed by atoms with E-state index in [0.717, 1.165) is 22.5 Å². The van der Waals surface area contributed by atoms with Gasteiger partial charge in [0.15, 0.2) is 6.10 Å². The van der Waals surface area contributed by atoms with Crippen LogP contribution < -0.4 is 15.5 Å². The van der Waals surface area contributed by atoms with Gasteiger partial charge in [0.2, 0.25) is 5.91 Å². The molecule has 8 nitrogen and oxygen atoms in total. The summed E-state index contributed by atoms with van der Waals surface area (Å²) in [6.07, 6.45) is -1.09. The Labute approximate surface area is 166 Å². The van der Waals surface area contributed by atoms with Gasteiger partial charge >= 0.3 is 10.8 Å². The number of hydrogen-bond donors (Lipinski definition) is 2. The summed E-state index contributed by atoms with van der Waals surface area (Å²) in [5.41, 5.74) is 3.19. The molecule has 150 valence electrons.